The van der Waals surface area contributed by atoms with Gasteiger partial charge in [-0.05, 0) is 24.6 Å². The Morgan fingerprint density at radius 1 is 1.23 bits per heavy atom. The second-order valence-corrected chi connectivity index (χ2v) is 7.80. The molecule has 31 heavy (non-hydrogen) atoms. The summed E-state index contributed by atoms with van der Waals surface area (Å²) in [5.74, 6) is 1.70. The Hall–Kier alpha value is -3.21. The third kappa shape index (κ3) is 4.31. The number of furan rings is 1. The minimum Gasteiger partial charge on any atom is -0.461 e. The van der Waals surface area contributed by atoms with Gasteiger partial charge in [-0.2, -0.15) is 19.5 Å². The van der Waals surface area contributed by atoms with Crippen molar-refractivity contribution >= 4 is 23.6 Å². The Labute approximate surface area is 180 Å². The number of nitrogen functional groups attached to an aromatic ring is 1. The van der Waals surface area contributed by atoms with Crippen LogP contribution in [-0.2, 0) is 4.79 Å². The van der Waals surface area contributed by atoms with Crippen molar-refractivity contribution < 1.29 is 9.21 Å². The van der Waals surface area contributed by atoms with Gasteiger partial charge in [0.05, 0.1) is 6.26 Å². The summed E-state index contributed by atoms with van der Waals surface area (Å²) < 4.78 is 6.70. The molecule has 0 aromatic carbocycles. The van der Waals surface area contributed by atoms with E-state index in [9.17, 15) is 4.79 Å². The molecule has 3 aromatic rings. The molecule has 0 saturated carbocycles. The third-order valence-electron chi connectivity index (χ3n) is 5.87. The van der Waals surface area contributed by atoms with Gasteiger partial charge in [-0.25, -0.2) is 0 Å². The predicted octanol–water partition coefficient (Wildman–Crippen LogP) is 1.35. The monoisotopic (exact) mass is 427 g/mol. The van der Waals surface area contributed by atoms with Crippen LogP contribution in [-0.4, -0.2) is 79.0 Å². The molecule has 4 rings (SSSR count). The van der Waals surface area contributed by atoms with Crippen molar-refractivity contribution in [2.24, 2.45) is 5.92 Å². The van der Waals surface area contributed by atoms with E-state index in [2.05, 4.69) is 44.1 Å². The van der Waals surface area contributed by atoms with E-state index in [0.717, 1.165) is 39.1 Å². The Bertz CT molecular complexity index is 1020. The number of likely N-dealkylation sites (N-methyl/N-ethyl adjacent to an activating group) is 1. The van der Waals surface area contributed by atoms with Gasteiger partial charge in [-0.3, -0.25) is 4.79 Å². The SMILES string of the molecule is CCC(C)[C@H](Nc1nc(N)n2nc(-c3ccco3)nc2n1)C(=O)N1CCN(CC)CC1. The van der Waals surface area contributed by atoms with E-state index in [0.29, 0.717) is 11.6 Å². The molecule has 166 valence electrons. The number of rotatable bonds is 7. The lowest BCUT2D eigenvalue weighted by molar-refractivity contribution is -0.134. The summed E-state index contributed by atoms with van der Waals surface area (Å²) in [5, 5.41) is 7.52. The Morgan fingerprint density at radius 2 is 2.00 bits per heavy atom. The smallest absolute Gasteiger partial charge is 0.259 e. The van der Waals surface area contributed by atoms with E-state index in [-0.39, 0.29) is 29.5 Å². The van der Waals surface area contributed by atoms with Crippen LogP contribution in [0.5, 0.6) is 0 Å². The lowest BCUT2D eigenvalue weighted by Gasteiger charge is -2.37. The van der Waals surface area contributed by atoms with Crippen molar-refractivity contribution in [1.29, 1.82) is 0 Å². The van der Waals surface area contributed by atoms with Crippen LogP contribution < -0.4 is 11.1 Å². The highest BCUT2D eigenvalue weighted by Gasteiger charge is 2.31. The first kappa shape index (κ1) is 21.0. The summed E-state index contributed by atoms with van der Waals surface area (Å²) in [6.45, 7) is 10.5. The zero-order valence-corrected chi connectivity index (χ0v) is 18.2. The predicted molar refractivity (Wildman–Crippen MR) is 116 cm³/mol. The van der Waals surface area contributed by atoms with Crippen molar-refractivity contribution in [2.75, 3.05) is 43.8 Å². The molecule has 1 fully saturated rings. The number of anilines is 2. The van der Waals surface area contributed by atoms with E-state index in [1.54, 1.807) is 18.4 Å². The molecule has 3 aromatic heterocycles. The molecule has 4 heterocycles. The van der Waals surface area contributed by atoms with Crippen LogP contribution in [0.25, 0.3) is 17.4 Å². The highest BCUT2D eigenvalue weighted by molar-refractivity contribution is 5.84. The van der Waals surface area contributed by atoms with Crippen molar-refractivity contribution in [1.82, 2.24) is 34.4 Å². The number of hydrogen-bond donors (Lipinski definition) is 2. The number of piperazine rings is 1. The normalized spacial score (nSPS) is 17.1. The maximum absolute atomic E-state index is 13.3. The van der Waals surface area contributed by atoms with E-state index in [1.165, 1.54) is 4.52 Å². The number of fused-ring (bicyclic) bond motifs is 1. The molecule has 1 amide bonds. The molecular formula is C20H29N9O2. The van der Waals surface area contributed by atoms with Gasteiger partial charge in [-0.15, -0.1) is 5.10 Å². The number of hydrogen-bond acceptors (Lipinski definition) is 9. The van der Waals surface area contributed by atoms with Crippen LogP contribution in [0.3, 0.4) is 0 Å². The summed E-state index contributed by atoms with van der Waals surface area (Å²) in [6.07, 6.45) is 2.38. The van der Waals surface area contributed by atoms with Crippen LogP contribution in [0.15, 0.2) is 22.8 Å². The molecule has 1 aliphatic rings. The highest BCUT2D eigenvalue weighted by Crippen LogP contribution is 2.20. The maximum atomic E-state index is 13.3. The highest BCUT2D eigenvalue weighted by atomic mass is 16.3. The molecule has 2 atom stereocenters. The fourth-order valence-electron chi connectivity index (χ4n) is 3.68. The van der Waals surface area contributed by atoms with E-state index in [1.807, 2.05) is 11.8 Å². The standard InChI is InChI=1S/C20H29N9O2/c1-4-13(3)15(17(30)28-10-8-27(5-2)9-11-28)22-19-24-18(21)29-20(25-19)23-16(26-29)14-7-6-12-31-14/h6-7,12-13,15H,4-5,8-11H2,1-3H3,(H3,21,22,23,24,25,26)/t13?,15-/m0/s1. The topological polar surface area (TPSA) is 131 Å². The second-order valence-electron chi connectivity index (χ2n) is 7.80. The van der Waals surface area contributed by atoms with Gasteiger partial charge in [0.2, 0.25) is 23.6 Å². The van der Waals surface area contributed by atoms with Crippen LogP contribution in [0.1, 0.15) is 27.2 Å². The third-order valence-corrected chi connectivity index (χ3v) is 5.87. The number of nitrogens with two attached hydrogens (primary N) is 1. The van der Waals surface area contributed by atoms with E-state index >= 15 is 0 Å². The fourth-order valence-corrected chi connectivity index (χ4v) is 3.68. The lowest BCUT2D eigenvalue weighted by Crippen LogP contribution is -2.54. The minimum absolute atomic E-state index is 0.0601. The van der Waals surface area contributed by atoms with Crippen molar-refractivity contribution in [3.8, 4) is 11.6 Å². The Morgan fingerprint density at radius 3 is 2.65 bits per heavy atom. The van der Waals surface area contributed by atoms with Gasteiger partial charge in [-0.1, -0.05) is 27.2 Å². The van der Waals surface area contributed by atoms with Crippen molar-refractivity contribution in [2.45, 2.75) is 33.2 Å². The molecule has 1 aliphatic heterocycles. The summed E-state index contributed by atoms with van der Waals surface area (Å²) in [5.41, 5.74) is 6.10. The lowest BCUT2D eigenvalue weighted by atomic mass is 9.97. The van der Waals surface area contributed by atoms with Crippen LogP contribution in [0.4, 0.5) is 11.9 Å². The largest absolute Gasteiger partial charge is 0.461 e. The van der Waals surface area contributed by atoms with Gasteiger partial charge in [0.15, 0.2) is 5.76 Å². The fraction of sp³-hybridized carbons (Fsp3) is 0.550. The number of amides is 1. The number of carbonyl (C=O) groups excluding carboxylic acids is 1. The first-order chi connectivity index (χ1) is 15.0. The van der Waals surface area contributed by atoms with Gasteiger partial charge >= 0.3 is 0 Å². The molecule has 0 aliphatic carbocycles. The van der Waals surface area contributed by atoms with Gasteiger partial charge in [0.1, 0.15) is 6.04 Å². The summed E-state index contributed by atoms with van der Waals surface area (Å²) in [6, 6.07) is 3.06. The average Bonchev–Trinajstić information content (AvgIpc) is 3.46. The van der Waals surface area contributed by atoms with E-state index in [4.69, 9.17) is 10.2 Å². The summed E-state index contributed by atoms with van der Waals surface area (Å²) in [4.78, 5) is 30.7. The summed E-state index contributed by atoms with van der Waals surface area (Å²) >= 11 is 0. The molecule has 0 bridgehead atoms. The average molecular weight is 428 g/mol. The molecule has 1 unspecified atom stereocenters. The molecular weight excluding hydrogens is 398 g/mol. The van der Waals surface area contributed by atoms with Crippen molar-refractivity contribution in [3.05, 3.63) is 18.4 Å². The van der Waals surface area contributed by atoms with Gasteiger partial charge in [0.25, 0.3) is 5.78 Å². The van der Waals surface area contributed by atoms with Crippen molar-refractivity contribution in [3.63, 3.8) is 0 Å². The number of aromatic nitrogens is 5. The summed E-state index contributed by atoms with van der Waals surface area (Å²) in [7, 11) is 0. The first-order valence-electron chi connectivity index (χ1n) is 10.7. The first-order valence-corrected chi connectivity index (χ1v) is 10.7. The van der Waals surface area contributed by atoms with Gasteiger partial charge < -0.3 is 25.3 Å². The second kappa shape index (κ2) is 8.88. The number of nitrogens with one attached hydrogen (secondary N) is 1. The molecule has 3 N–H and O–H groups in total. The molecule has 0 spiro atoms. The maximum Gasteiger partial charge on any atom is 0.259 e. The molecule has 11 nitrogen and oxygen atoms in total. The zero-order chi connectivity index (χ0) is 22.0. The van der Waals surface area contributed by atoms with Crippen LogP contribution in [0.2, 0.25) is 0 Å². The van der Waals surface area contributed by atoms with Crippen LogP contribution >= 0.6 is 0 Å². The number of carbonyl (C=O) groups is 1. The van der Waals surface area contributed by atoms with E-state index < -0.39 is 6.04 Å². The molecule has 1 saturated heterocycles. The number of nitrogens with zero attached hydrogens (tertiary/aromatic N) is 7. The van der Waals surface area contributed by atoms with Gasteiger partial charge in [0, 0.05) is 26.2 Å². The zero-order valence-electron chi connectivity index (χ0n) is 18.2. The quantitative estimate of drug-likeness (QED) is 0.573. The molecule has 0 radical (unpaired) electrons. The Kier molecular flexibility index (Phi) is 6.03. The van der Waals surface area contributed by atoms with Crippen LogP contribution in [0, 0.1) is 5.92 Å². The molecule has 11 heteroatoms. The minimum atomic E-state index is -0.451. The Balaban J connectivity index is 1.57.